The van der Waals surface area contributed by atoms with Crippen LogP contribution >= 0.6 is 0 Å². The zero-order valence-electron chi connectivity index (χ0n) is 19.0. The van der Waals surface area contributed by atoms with E-state index in [0.717, 1.165) is 22.1 Å². The first-order valence-corrected chi connectivity index (χ1v) is 11.0. The lowest BCUT2D eigenvalue weighted by Gasteiger charge is -2.30. The third kappa shape index (κ3) is 4.25. The predicted molar refractivity (Wildman–Crippen MR) is 121 cm³/mol. The molecule has 4 heterocycles. The number of nitrogens with zero attached hydrogens (tertiary/aromatic N) is 4. The van der Waals surface area contributed by atoms with Gasteiger partial charge in [0.1, 0.15) is 17.3 Å². The van der Waals surface area contributed by atoms with Crippen LogP contribution in [0.4, 0.5) is 13.2 Å². The molecule has 0 amide bonds. The molecule has 0 radical (unpaired) electrons. The summed E-state index contributed by atoms with van der Waals surface area (Å²) in [4.78, 5) is 25.7. The molecule has 0 N–H and O–H groups in total. The van der Waals surface area contributed by atoms with Crippen molar-refractivity contribution >= 4 is 5.65 Å². The second-order valence-electron chi connectivity index (χ2n) is 8.36. The highest BCUT2D eigenvalue weighted by Crippen LogP contribution is 2.38. The van der Waals surface area contributed by atoms with Gasteiger partial charge in [-0.2, -0.15) is 4.39 Å². The summed E-state index contributed by atoms with van der Waals surface area (Å²) in [5.41, 5.74) is 0.268. The number of rotatable bonds is 4. The number of benzene rings is 1. The van der Waals surface area contributed by atoms with Gasteiger partial charge in [0.15, 0.2) is 5.65 Å². The van der Waals surface area contributed by atoms with Crippen molar-refractivity contribution in [3.63, 3.8) is 0 Å². The molecule has 3 aromatic heterocycles. The molecule has 0 saturated carbocycles. The van der Waals surface area contributed by atoms with Crippen molar-refractivity contribution in [2.75, 3.05) is 13.7 Å². The van der Waals surface area contributed by atoms with E-state index >= 15 is 0 Å². The molecule has 1 aliphatic rings. The summed E-state index contributed by atoms with van der Waals surface area (Å²) in [6.45, 7) is 1.76. The highest BCUT2D eigenvalue weighted by atomic mass is 19.1. The van der Waals surface area contributed by atoms with Crippen LogP contribution < -0.4 is 10.3 Å². The SMILES string of the molecule is COc1cc([C@@H]2CC(c3cn4c(=O)c(F)c(C)nc4c(-c4ccc(F)cc4F)n3)CCO2)ccn1. The first-order chi connectivity index (χ1) is 16.9. The Hall–Kier alpha value is -3.79. The number of methoxy groups -OCH3 is 1. The van der Waals surface area contributed by atoms with Crippen LogP contribution in [0, 0.1) is 24.4 Å². The van der Waals surface area contributed by atoms with Gasteiger partial charge in [0.25, 0.3) is 5.56 Å². The van der Waals surface area contributed by atoms with Crippen molar-refractivity contribution in [3.8, 4) is 17.1 Å². The fourth-order valence-corrected chi connectivity index (χ4v) is 4.34. The number of fused-ring (bicyclic) bond motifs is 1. The van der Waals surface area contributed by atoms with Gasteiger partial charge < -0.3 is 9.47 Å². The van der Waals surface area contributed by atoms with E-state index in [9.17, 15) is 18.0 Å². The molecular formula is C25H21F3N4O3. The largest absolute Gasteiger partial charge is 0.481 e. The Bertz CT molecular complexity index is 1490. The number of aromatic nitrogens is 4. The molecule has 1 saturated heterocycles. The molecule has 5 rings (SSSR count). The third-order valence-electron chi connectivity index (χ3n) is 6.17. The lowest BCUT2D eigenvalue weighted by Crippen LogP contribution is -2.24. The summed E-state index contributed by atoms with van der Waals surface area (Å²) in [6, 6.07) is 6.68. The summed E-state index contributed by atoms with van der Waals surface area (Å²) in [7, 11) is 1.53. The van der Waals surface area contributed by atoms with Gasteiger partial charge in [-0.05, 0) is 43.5 Å². The lowest BCUT2D eigenvalue weighted by atomic mass is 9.89. The van der Waals surface area contributed by atoms with Crippen molar-refractivity contribution < 1.29 is 22.6 Å². The number of hydrogen-bond acceptors (Lipinski definition) is 6. The Labute approximate surface area is 198 Å². The van der Waals surface area contributed by atoms with E-state index < -0.39 is 23.0 Å². The Morgan fingerprint density at radius 2 is 1.97 bits per heavy atom. The normalized spacial score (nSPS) is 18.1. The zero-order valence-corrected chi connectivity index (χ0v) is 19.0. The number of hydrogen-bond donors (Lipinski definition) is 0. The van der Waals surface area contributed by atoms with Crippen molar-refractivity contribution in [2.45, 2.75) is 31.8 Å². The van der Waals surface area contributed by atoms with E-state index in [4.69, 9.17) is 9.47 Å². The minimum atomic E-state index is -1.00. The molecule has 7 nitrogen and oxygen atoms in total. The van der Waals surface area contributed by atoms with Crippen LogP contribution in [0.5, 0.6) is 5.88 Å². The van der Waals surface area contributed by atoms with Gasteiger partial charge in [-0.15, -0.1) is 0 Å². The van der Waals surface area contributed by atoms with E-state index in [2.05, 4.69) is 15.0 Å². The molecule has 35 heavy (non-hydrogen) atoms. The second kappa shape index (κ2) is 9.10. The van der Waals surface area contributed by atoms with Gasteiger partial charge in [-0.3, -0.25) is 9.20 Å². The third-order valence-corrected chi connectivity index (χ3v) is 6.17. The van der Waals surface area contributed by atoms with Crippen LogP contribution in [-0.2, 0) is 4.74 Å². The Morgan fingerprint density at radius 3 is 2.74 bits per heavy atom. The van der Waals surface area contributed by atoms with Crippen LogP contribution in [0.3, 0.4) is 0 Å². The molecule has 1 aromatic carbocycles. The molecule has 0 spiro atoms. The quantitative estimate of drug-likeness (QED) is 0.426. The second-order valence-corrected chi connectivity index (χ2v) is 8.36. The minimum absolute atomic E-state index is 0.00867. The maximum Gasteiger partial charge on any atom is 0.294 e. The molecule has 2 atom stereocenters. The highest BCUT2D eigenvalue weighted by Gasteiger charge is 2.28. The zero-order chi connectivity index (χ0) is 24.7. The summed E-state index contributed by atoms with van der Waals surface area (Å²) in [5.74, 6) is -2.34. The maximum absolute atomic E-state index is 14.8. The van der Waals surface area contributed by atoms with Gasteiger partial charge >= 0.3 is 0 Å². The summed E-state index contributed by atoms with van der Waals surface area (Å²) in [5, 5.41) is 0. The number of aryl methyl sites for hydroxylation is 1. The van der Waals surface area contributed by atoms with Crippen molar-refractivity contribution in [2.24, 2.45) is 0 Å². The smallest absolute Gasteiger partial charge is 0.294 e. The molecular weight excluding hydrogens is 461 g/mol. The van der Waals surface area contributed by atoms with Gasteiger partial charge in [0, 0.05) is 42.6 Å². The van der Waals surface area contributed by atoms with Crippen molar-refractivity contribution in [1.82, 2.24) is 19.4 Å². The Morgan fingerprint density at radius 1 is 1.14 bits per heavy atom. The van der Waals surface area contributed by atoms with Gasteiger partial charge in [-0.1, -0.05) is 0 Å². The van der Waals surface area contributed by atoms with E-state index in [-0.39, 0.29) is 34.6 Å². The number of ether oxygens (including phenoxy) is 2. The molecule has 4 aromatic rings. The van der Waals surface area contributed by atoms with Crippen LogP contribution in [0.25, 0.3) is 16.9 Å². The first kappa shape index (κ1) is 23.0. The molecule has 180 valence electrons. The molecule has 1 fully saturated rings. The standard InChI is InChI=1S/C25H21F3N4O3/c1-13-22(28)25(33)32-12-19(31-23(24(32)30-13)17-4-3-16(26)11-18(17)27)14-6-8-35-20(9-14)15-5-7-29-21(10-15)34-2/h3-5,7,10-12,14,20H,6,8-9H2,1-2H3/t14?,20-/m0/s1. The van der Waals surface area contributed by atoms with E-state index in [1.54, 1.807) is 12.3 Å². The average molecular weight is 482 g/mol. The monoisotopic (exact) mass is 482 g/mol. The lowest BCUT2D eigenvalue weighted by molar-refractivity contribution is 0.00442. The minimum Gasteiger partial charge on any atom is -0.481 e. The summed E-state index contributed by atoms with van der Waals surface area (Å²) >= 11 is 0. The van der Waals surface area contributed by atoms with Crippen molar-refractivity contribution in [3.05, 3.63) is 87.5 Å². The molecule has 0 aliphatic carbocycles. The molecule has 0 bridgehead atoms. The fourth-order valence-electron chi connectivity index (χ4n) is 4.34. The molecule has 10 heteroatoms. The maximum atomic E-state index is 14.8. The van der Waals surface area contributed by atoms with Gasteiger partial charge in [0.05, 0.1) is 24.6 Å². The number of pyridine rings is 1. The molecule has 1 unspecified atom stereocenters. The van der Waals surface area contributed by atoms with Crippen LogP contribution in [0.15, 0.2) is 47.5 Å². The first-order valence-electron chi connectivity index (χ1n) is 11.0. The summed E-state index contributed by atoms with van der Waals surface area (Å²) < 4.78 is 55.0. The van der Waals surface area contributed by atoms with Gasteiger partial charge in [0.2, 0.25) is 11.7 Å². The molecule has 1 aliphatic heterocycles. The van der Waals surface area contributed by atoms with E-state index in [1.165, 1.54) is 26.3 Å². The van der Waals surface area contributed by atoms with Crippen LogP contribution in [0.2, 0.25) is 0 Å². The van der Waals surface area contributed by atoms with Crippen molar-refractivity contribution in [1.29, 1.82) is 0 Å². The van der Waals surface area contributed by atoms with Gasteiger partial charge in [-0.25, -0.2) is 23.7 Å². The number of halogens is 3. The van der Waals surface area contributed by atoms with Crippen LogP contribution in [0.1, 0.15) is 41.8 Å². The topological polar surface area (TPSA) is 78.6 Å². The highest BCUT2D eigenvalue weighted by molar-refractivity contribution is 5.74. The van der Waals surface area contributed by atoms with E-state index in [0.29, 0.717) is 31.0 Å². The van der Waals surface area contributed by atoms with Crippen LogP contribution in [-0.4, -0.2) is 33.1 Å². The Kier molecular flexibility index (Phi) is 5.98. The Balaban J connectivity index is 1.64. The fraction of sp³-hybridized carbons (Fsp3) is 0.280. The predicted octanol–water partition coefficient (Wildman–Crippen LogP) is 4.52. The van der Waals surface area contributed by atoms with E-state index in [1.807, 2.05) is 6.07 Å². The summed E-state index contributed by atoms with van der Waals surface area (Å²) in [6.07, 6.45) is 3.87. The average Bonchev–Trinajstić information content (AvgIpc) is 2.87.